The summed E-state index contributed by atoms with van der Waals surface area (Å²) < 4.78 is 4.88. The van der Waals surface area contributed by atoms with Crippen molar-refractivity contribution < 1.29 is 14.3 Å². The Morgan fingerprint density at radius 1 is 1.20 bits per heavy atom. The SMILES string of the molecule is COC(=O)C(C)C(NC(=O)CC(C)C1CCNCC1)c1ccccc1. The molecule has 2 N–H and O–H groups in total. The van der Waals surface area contributed by atoms with Gasteiger partial charge in [0.2, 0.25) is 5.91 Å². The Bertz CT molecular complexity index is 555. The van der Waals surface area contributed by atoms with E-state index >= 15 is 0 Å². The van der Waals surface area contributed by atoms with Crippen LogP contribution in [-0.4, -0.2) is 32.1 Å². The largest absolute Gasteiger partial charge is 0.469 e. The molecule has 0 spiro atoms. The van der Waals surface area contributed by atoms with Crippen LogP contribution in [-0.2, 0) is 14.3 Å². The predicted molar refractivity (Wildman–Crippen MR) is 97.9 cm³/mol. The first kappa shape index (κ1) is 19.4. The van der Waals surface area contributed by atoms with E-state index in [-0.39, 0.29) is 17.9 Å². The average Bonchev–Trinajstić information content (AvgIpc) is 2.66. The van der Waals surface area contributed by atoms with Crippen LogP contribution < -0.4 is 10.6 Å². The molecule has 1 saturated heterocycles. The maximum Gasteiger partial charge on any atom is 0.310 e. The predicted octanol–water partition coefficient (Wildman–Crippen LogP) is 2.68. The number of ether oxygens (including phenoxy) is 1. The summed E-state index contributed by atoms with van der Waals surface area (Å²) in [5.74, 6) is 0.161. The highest BCUT2D eigenvalue weighted by molar-refractivity contribution is 5.79. The van der Waals surface area contributed by atoms with Gasteiger partial charge >= 0.3 is 5.97 Å². The van der Waals surface area contributed by atoms with Gasteiger partial charge in [0.25, 0.3) is 0 Å². The lowest BCUT2D eigenvalue weighted by Gasteiger charge is -2.29. The van der Waals surface area contributed by atoms with Crippen LogP contribution in [0.3, 0.4) is 0 Å². The van der Waals surface area contributed by atoms with Gasteiger partial charge in [0.1, 0.15) is 0 Å². The van der Waals surface area contributed by atoms with Crippen LogP contribution >= 0.6 is 0 Å². The van der Waals surface area contributed by atoms with E-state index in [2.05, 4.69) is 17.6 Å². The molecule has 0 bridgehead atoms. The quantitative estimate of drug-likeness (QED) is 0.745. The number of amides is 1. The summed E-state index contributed by atoms with van der Waals surface area (Å²) in [6, 6.07) is 9.24. The van der Waals surface area contributed by atoms with Crippen molar-refractivity contribution in [1.82, 2.24) is 10.6 Å². The topological polar surface area (TPSA) is 67.4 Å². The van der Waals surface area contributed by atoms with Gasteiger partial charge in [-0.15, -0.1) is 0 Å². The minimum atomic E-state index is -0.439. The third-order valence-corrected chi connectivity index (χ3v) is 5.24. The second-order valence-corrected chi connectivity index (χ2v) is 7.04. The summed E-state index contributed by atoms with van der Waals surface area (Å²) in [5, 5.41) is 6.42. The Labute approximate surface area is 150 Å². The van der Waals surface area contributed by atoms with Crippen LogP contribution in [0.1, 0.15) is 44.7 Å². The number of hydrogen-bond acceptors (Lipinski definition) is 4. The molecule has 2 rings (SSSR count). The molecule has 25 heavy (non-hydrogen) atoms. The third-order valence-electron chi connectivity index (χ3n) is 5.24. The second kappa shape index (κ2) is 9.56. The summed E-state index contributed by atoms with van der Waals surface area (Å²) in [6.07, 6.45) is 2.73. The van der Waals surface area contributed by atoms with Gasteiger partial charge in [-0.05, 0) is 50.3 Å². The molecule has 5 nitrogen and oxygen atoms in total. The molecule has 0 aromatic heterocycles. The highest BCUT2D eigenvalue weighted by atomic mass is 16.5. The summed E-state index contributed by atoms with van der Waals surface area (Å²) in [6.45, 7) is 6.00. The number of piperidine rings is 1. The molecule has 3 atom stereocenters. The number of methoxy groups -OCH3 is 1. The molecule has 1 amide bonds. The Kier molecular flexibility index (Phi) is 7.44. The fourth-order valence-electron chi connectivity index (χ4n) is 3.58. The van der Waals surface area contributed by atoms with Gasteiger partial charge in [0, 0.05) is 6.42 Å². The number of carbonyl (C=O) groups excluding carboxylic acids is 2. The average molecular weight is 346 g/mol. The van der Waals surface area contributed by atoms with Crippen molar-refractivity contribution in [2.24, 2.45) is 17.8 Å². The molecule has 1 aliphatic heterocycles. The monoisotopic (exact) mass is 346 g/mol. The Balaban J connectivity index is 2.02. The molecule has 1 aromatic carbocycles. The number of esters is 1. The molecule has 1 heterocycles. The fourth-order valence-corrected chi connectivity index (χ4v) is 3.58. The Morgan fingerprint density at radius 2 is 1.84 bits per heavy atom. The van der Waals surface area contributed by atoms with Gasteiger partial charge in [0.15, 0.2) is 0 Å². The van der Waals surface area contributed by atoms with Gasteiger partial charge in [-0.25, -0.2) is 0 Å². The van der Waals surface area contributed by atoms with Crippen LogP contribution in [0.4, 0.5) is 0 Å². The molecule has 0 saturated carbocycles. The molecule has 1 aliphatic rings. The van der Waals surface area contributed by atoms with Crippen molar-refractivity contribution >= 4 is 11.9 Å². The van der Waals surface area contributed by atoms with Crippen LogP contribution in [0.15, 0.2) is 30.3 Å². The maximum atomic E-state index is 12.6. The Hall–Kier alpha value is -1.88. The normalized spacial score (nSPS) is 18.8. The molecule has 1 aromatic rings. The van der Waals surface area contributed by atoms with Crippen molar-refractivity contribution in [3.63, 3.8) is 0 Å². The lowest BCUT2D eigenvalue weighted by molar-refractivity contribution is -0.146. The van der Waals surface area contributed by atoms with Crippen LogP contribution in [0, 0.1) is 17.8 Å². The highest BCUT2D eigenvalue weighted by Gasteiger charge is 2.29. The first-order valence-electron chi connectivity index (χ1n) is 9.15. The highest BCUT2D eigenvalue weighted by Crippen LogP contribution is 2.26. The van der Waals surface area contributed by atoms with Gasteiger partial charge < -0.3 is 15.4 Å². The minimum Gasteiger partial charge on any atom is -0.469 e. The molecule has 138 valence electrons. The minimum absolute atomic E-state index is 0.00404. The molecule has 5 heteroatoms. The maximum absolute atomic E-state index is 12.6. The standard InChI is InChI=1S/C20H30N2O3/c1-14(16-9-11-21-12-10-16)13-18(23)22-19(15(2)20(24)25-3)17-7-5-4-6-8-17/h4-8,14-16,19,21H,9-13H2,1-3H3,(H,22,23). The molecular formula is C20H30N2O3. The number of nitrogens with one attached hydrogen (secondary N) is 2. The van der Waals surface area contributed by atoms with Gasteiger partial charge in [-0.1, -0.05) is 37.3 Å². The summed E-state index contributed by atoms with van der Waals surface area (Å²) in [5.41, 5.74) is 0.920. The summed E-state index contributed by atoms with van der Waals surface area (Å²) >= 11 is 0. The van der Waals surface area contributed by atoms with Gasteiger partial charge in [0.05, 0.1) is 19.1 Å². The van der Waals surface area contributed by atoms with E-state index in [4.69, 9.17) is 4.74 Å². The first-order chi connectivity index (χ1) is 12.0. The molecule has 1 fully saturated rings. The smallest absolute Gasteiger partial charge is 0.310 e. The zero-order valence-electron chi connectivity index (χ0n) is 15.5. The van der Waals surface area contributed by atoms with E-state index in [1.807, 2.05) is 30.3 Å². The summed E-state index contributed by atoms with van der Waals surface area (Å²) in [7, 11) is 1.38. The van der Waals surface area contributed by atoms with E-state index in [9.17, 15) is 9.59 Å². The summed E-state index contributed by atoms with van der Waals surface area (Å²) in [4.78, 5) is 24.6. The van der Waals surface area contributed by atoms with Crippen molar-refractivity contribution in [2.75, 3.05) is 20.2 Å². The third kappa shape index (κ3) is 5.56. The van der Waals surface area contributed by atoms with Crippen molar-refractivity contribution in [1.29, 1.82) is 0 Å². The van der Waals surface area contributed by atoms with E-state index in [0.29, 0.717) is 18.3 Å². The lowest BCUT2D eigenvalue weighted by Crippen LogP contribution is -2.38. The molecule has 3 unspecified atom stereocenters. The van der Waals surface area contributed by atoms with E-state index < -0.39 is 5.92 Å². The van der Waals surface area contributed by atoms with Crippen LogP contribution in [0.2, 0.25) is 0 Å². The lowest BCUT2D eigenvalue weighted by atomic mass is 9.84. The number of rotatable bonds is 7. The molecule has 0 aliphatic carbocycles. The van der Waals surface area contributed by atoms with Crippen molar-refractivity contribution in [3.8, 4) is 0 Å². The van der Waals surface area contributed by atoms with Gasteiger partial charge in [-0.3, -0.25) is 9.59 Å². The van der Waals surface area contributed by atoms with Gasteiger partial charge in [-0.2, -0.15) is 0 Å². The first-order valence-corrected chi connectivity index (χ1v) is 9.15. The van der Waals surface area contributed by atoms with Crippen molar-refractivity contribution in [3.05, 3.63) is 35.9 Å². The number of carbonyl (C=O) groups is 2. The second-order valence-electron chi connectivity index (χ2n) is 7.04. The number of hydrogen-bond donors (Lipinski definition) is 2. The van der Waals surface area contributed by atoms with E-state index in [0.717, 1.165) is 31.5 Å². The van der Waals surface area contributed by atoms with E-state index in [1.54, 1.807) is 6.92 Å². The fraction of sp³-hybridized carbons (Fsp3) is 0.600. The Morgan fingerprint density at radius 3 is 2.44 bits per heavy atom. The zero-order chi connectivity index (χ0) is 18.2. The van der Waals surface area contributed by atoms with Crippen LogP contribution in [0.25, 0.3) is 0 Å². The molecule has 0 radical (unpaired) electrons. The zero-order valence-corrected chi connectivity index (χ0v) is 15.5. The van der Waals surface area contributed by atoms with Crippen LogP contribution in [0.5, 0.6) is 0 Å². The van der Waals surface area contributed by atoms with E-state index in [1.165, 1.54) is 7.11 Å². The number of benzene rings is 1. The molecular weight excluding hydrogens is 316 g/mol. The van der Waals surface area contributed by atoms with Crippen molar-refractivity contribution in [2.45, 2.75) is 39.2 Å².